The monoisotopic (exact) mass is 329 g/mol. The maximum Gasteiger partial charge on any atom is 0.223 e. The molecule has 1 aromatic heterocycles. The number of halogens is 1. The third-order valence-corrected chi connectivity index (χ3v) is 4.06. The van der Waals surface area contributed by atoms with Crippen molar-refractivity contribution in [2.75, 3.05) is 19.7 Å². The first-order valence-electron chi connectivity index (χ1n) is 8.05. The summed E-state index contributed by atoms with van der Waals surface area (Å²) < 4.78 is 18.9. The van der Waals surface area contributed by atoms with E-state index in [-0.39, 0.29) is 17.8 Å². The summed E-state index contributed by atoms with van der Waals surface area (Å²) in [4.78, 5) is 22.7. The molecule has 1 aliphatic heterocycles. The van der Waals surface area contributed by atoms with Crippen LogP contribution in [0, 0.1) is 12.7 Å². The predicted octanol–water partition coefficient (Wildman–Crippen LogP) is 2.46. The molecule has 1 amide bonds. The molecular formula is C18H20FN3O2. The Morgan fingerprint density at radius 1 is 1.42 bits per heavy atom. The first-order chi connectivity index (χ1) is 11.6. The van der Waals surface area contributed by atoms with Crippen LogP contribution in [0.4, 0.5) is 4.39 Å². The van der Waals surface area contributed by atoms with Crippen molar-refractivity contribution >= 4 is 5.91 Å². The summed E-state index contributed by atoms with van der Waals surface area (Å²) in [6, 6.07) is 8.19. The van der Waals surface area contributed by atoms with Crippen molar-refractivity contribution in [3.63, 3.8) is 0 Å². The number of carbonyl (C=O) groups excluding carboxylic acids is 1. The minimum atomic E-state index is -0.273. The Balaban J connectivity index is 1.59. The van der Waals surface area contributed by atoms with Crippen LogP contribution in [0.5, 0.6) is 0 Å². The normalized spacial score (nSPS) is 17.8. The van der Waals surface area contributed by atoms with Gasteiger partial charge in [-0.05, 0) is 37.1 Å². The lowest BCUT2D eigenvalue weighted by Gasteiger charge is -2.32. The van der Waals surface area contributed by atoms with Crippen LogP contribution in [0.25, 0.3) is 0 Å². The van der Waals surface area contributed by atoms with E-state index in [1.165, 1.54) is 12.1 Å². The average Bonchev–Trinajstić information content (AvgIpc) is 2.60. The molecule has 1 aliphatic rings. The molecule has 1 saturated heterocycles. The summed E-state index contributed by atoms with van der Waals surface area (Å²) in [7, 11) is 0. The number of ether oxygens (including phenoxy) is 1. The van der Waals surface area contributed by atoms with E-state index < -0.39 is 0 Å². The van der Waals surface area contributed by atoms with Gasteiger partial charge < -0.3 is 9.64 Å². The molecule has 2 heterocycles. The molecule has 24 heavy (non-hydrogen) atoms. The van der Waals surface area contributed by atoms with E-state index in [0.29, 0.717) is 38.4 Å². The van der Waals surface area contributed by atoms with Crippen molar-refractivity contribution < 1.29 is 13.9 Å². The molecule has 5 nitrogen and oxygen atoms in total. The van der Waals surface area contributed by atoms with Gasteiger partial charge in [0, 0.05) is 19.2 Å². The van der Waals surface area contributed by atoms with Gasteiger partial charge in [-0.2, -0.15) is 0 Å². The fourth-order valence-corrected chi connectivity index (χ4v) is 2.81. The number of benzene rings is 1. The summed E-state index contributed by atoms with van der Waals surface area (Å²) in [5.41, 5.74) is 1.63. The van der Waals surface area contributed by atoms with Crippen LogP contribution in [0.15, 0.2) is 36.5 Å². The van der Waals surface area contributed by atoms with Crippen molar-refractivity contribution in [1.82, 2.24) is 14.9 Å². The minimum Gasteiger partial charge on any atom is -0.368 e. The van der Waals surface area contributed by atoms with Crippen molar-refractivity contribution in [3.05, 3.63) is 59.4 Å². The topological polar surface area (TPSA) is 55.3 Å². The Bertz CT molecular complexity index is 723. The molecule has 1 atom stereocenters. The first kappa shape index (κ1) is 16.5. The van der Waals surface area contributed by atoms with Crippen LogP contribution >= 0.6 is 0 Å². The number of carbonyl (C=O) groups is 1. The Kier molecular flexibility index (Phi) is 5.15. The highest BCUT2D eigenvalue weighted by atomic mass is 19.1. The molecule has 0 radical (unpaired) electrons. The quantitative estimate of drug-likeness (QED) is 0.865. The van der Waals surface area contributed by atoms with E-state index in [2.05, 4.69) is 9.97 Å². The van der Waals surface area contributed by atoms with Gasteiger partial charge in [0.05, 0.1) is 18.8 Å². The zero-order chi connectivity index (χ0) is 16.9. The van der Waals surface area contributed by atoms with E-state index in [9.17, 15) is 9.18 Å². The van der Waals surface area contributed by atoms with Gasteiger partial charge in [0.1, 0.15) is 17.7 Å². The molecule has 2 aromatic rings. The lowest BCUT2D eigenvalue weighted by Crippen LogP contribution is -2.42. The highest BCUT2D eigenvalue weighted by molar-refractivity contribution is 5.76. The molecule has 1 fully saturated rings. The number of hydrogen-bond donors (Lipinski definition) is 0. The van der Waals surface area contributed by atoms with Crippen LogP contribution in [-0.2, 0) is 16.0 Å². The van der Waals surface area contributed by atoms with Crippen molar-refractivity contribution in [3.8, 4) is 0 Å². The molecule has 0 spiro atoms. The zero-order valence-corrected chi connectivity index (χ0v) is 13.6. The zero-order valence-electron chi connectivity index (χ0n) is 13.6. The number of aryl methyl sites for hydroxylation is 2. The second kappa shape index (κ2) is 7.49. The van der Waals surface area contributed by atoms with E-state index >= 15 is 0 Å². The second-order valence-corrected chi connectivity index (χ2v) is 5.86. The van der Waals surface area contributed by atoms with E-state index in [4.69, 9.17) is 4.74 Å². The third kappa shape index (κ3) is 4.14. The molecule has 0 bridgehead atoms. The summed E-state index contributed by atoms with van der Waals surface area (Å²) in [6.45, 7) is 3.37. The second-order valence-electron chi connectivity index (χ2n) is 5.86. The largest absolute Gasteiger partial charge is 0.368 e. The SMILES string of the molecule is Cc1nccc([C@H]2CN(C(=O)CCc3cccc(F)c3)CCO2)n1. The Morgan fingerprint density at radius 2 is 2.29 bits per heavy atom. The van der Waals surface area contributed by atoms with Gasteiger partial charge >= 0.3 is 0 Å². The van der Waals surface area contributed by atoms with Gasteiger partial charge in [0.2, 0.25) is 5.91 Å². The third-order valence-electron chi connectivity index (χ3n) is 4.06. The van der Waals surface area contributed by atoms with Crippen LogP contribution in [0.2, 0.25) is 0 Å². The lowest BCUT2D eigenvalue weighted by molar-refractivity contribution is -0.139. The lowest BCUT2D eigenvalue weighted by atomic mass is 10.1. The van der Waals surface area contributed by atoms with E-state index in [0.717, 1.165) is 11.3 Å². The molecule has 126 valence electrons. The van der Waals surface area contributed by atoms with Crippen LogP contribution in [0.3, 0.4) is 0 Å². The average molecular weight is 329 g/mol. The minimum absolute atomic E-state index is 0.0540. The maximum absolute atomic E-state index is 13.2. The van der Waals surface area contributed by atoms with Crippen LogP contribution < -0.4 is 0 Å². The van der Waals surface area contributed by atoms with Crippen LogP contribution in [0.1, 0.15) is 29.6 Å². The molecule has 3 rings (SSSR count). The number of hydrogen-bond acceptors (Lipinski definition) is 4. The summed E-state index contributed by atoms with van der Waals surface area (Å²) >= 11 is 0. The number of morpholine rings is 1. The van der Waals surface area contributed by atoms with Gasteiger partial charge in [0.25, 0.3) is 0 Å². The number of amides is 1. The molecule has 0 N–H and O–H groups in total. The standard InChI is InChI=1S/C18H20FN3O2/c1-13-20-8-7-16(21-13)17-12-22(9-10-24-17)18(23)6-5-14-3-2-4-15(19)11-14/h2-4,7-8,11,17H,5-6,9-10,12H2,1H3/t17-/m1/s1. The van der Waals surface area contributed by atoms with Crippen LogP contribution in [-0.4, -0.2) is 40.5 Å². The molecule has 6 heteroatoms. The van der Waals surface area contributed by atoms with Gasteiger partial charge in [-0.25, -0.2) is 14.4 Å². The van der Waals surface area contributed by atoms with Gasteiger partial charge in [0.15, 0.2) is 0 Å². The van der Waals surface area contributed by atoms with E-state index in [1.54, 1.807) is 17.2 Å². The predicted molar refractivity (Wildman–Crippen MR) is 86.8 cm³/mol. The number of aromatic nitrogens is 2. The summed E-state index contributed by atoms with van der Waals surface area (Å²) in [5.74, 6) is 0.467. The number of rotatable bonds is 4. The van der Waals surface area contributed by atoms with Crippen molar-refractivity contribution in [2.45, 2.75) is 25.9 Å². The first-order valence-corrected chi connectivity index (χ1v) is 8.05. The maximum atomic E-state index is 13.2. The molecular weight excluding hydrogens is 309 g/mol. The van der Waals surface area contributed by atoms with Gasteiger partial charge in [-0.15, -0.1) is 0 Å². The molecule has 0 aliphatic carbocycles. The summed E-state index contributed by atoms with van der Waals surface area (Å²) in [5, 5.41) is 0. The fourth-order valence-electron chi connectivity index (χ4n) is 2.81. The van der Waals surface area contributed by atoms with Gasteiger partial charge in [-0.3, -0.25) is 4.79 Å². The van der Waals surface area contributed by atoms with Crippen molar-refractivity contribution in [2.24, 2.45) is 0 Å². The molecule has 0 saturated carbocycles. The van der Waals surface area contributed by atoms with E-state index in [1.807, 2.05) is 19.1 Å². The Hall–Kier alpha value is -2.34. The smallest absolute Gasteiger partial charge is 0.223 e. The Labute approximate surface area is 140 Å². The number of nitrogens with zero attached hydrogens (tertiary/aromatic N) is 3. The molecule has 1 aromatic carbocycles. The van der Waals surface area contributed by atoms with Crippen molar-refractivity contribution in [1.29, 1.82) is 0 Å². The Morgan fingerprint density at radius 3 is 3.08 bits per heavy atom. The molecule has 0 unspecified atom stereocenters. The highest BCUT2D eigenvalue weighted by Gasteiger charge is 2.26. The van der Waals surface area contributed by atoms with Gasteiger partial charge in [-0.1, -0.05) is 12.1 Å². The fraction of sp³-hybridized carbons (Fsp3) is 0.389. The summed E-state index contributed by atoms with van der Waals surface area (Å²) in [6.07, 6.45) is 2.37. The highest BCUT2D eigenvalue weighted by Crippen LogP contribution is 2.21.